The molecule has 0 aromatic carbocycles. The summed E-state index contributed by atoms with van der Waals surface area (Å²) in [4.78, 5) is 26.0. The van der Waals surface area contributed by atoms with E-state index in [0.717, 1.165) is 43.5 Å². The Bertz CT molecular complexity index is 620. The quantitative estimate of drug-likeness (QED) is 0.771. The lowest BCUT2D eigenvalue weighted by Gasteiger charge is -2.26. The fraction of sp³-hybridized carbons (Fsp3) is 0.706. The van der Waals surface area contributed by atoms with Gasteiger partial charge < -0.3 is 14.4 Å². The molecule has 0 bridgehead atoms. The van der Waals surface area contributed by atoms with Gasteiger partial charge in [0.1, 0.15) is 0 Å². The molecule has 24 heavy (non-hydrogen) atoms. The molecule has 1 aromatic rings. The summed E-state index contributed by atoms with van der Waals surface area (Å²) in [6, 6.07) is 0. The van der Waals surface area contributed by atoms with Crippen LogP contribution >= 0.6 is 0 Å². The van der Waals surface area contributed by atoms with Gasteiger partial charge in [0.05, 0.1) is 18.8 Å². The Morgan fingerprint density at radius 3 is 2.83 bits per heavy atom. The van der Waals surface area contributed by atoms with Crippen molar-refractivity contribution >= 4 is 11.9 Å². The molecular formula is C17H25N3O4. The maximum atomic E-state index is 12.2. The van der Waals surface area contributed by atoms with Crippen molar-refractivity contribution in [2.75, 3.05) is 19.8 Å². The highest BCUT2D eigenvalue weighted by molar-refractivity contribution is 5.89. The van der Waals surface area contributed by atoms with E-state index in [0.29, 0.717) is 31.9 Å². The van der Waals surface area contributed by atoms with Gasteiger partial charge in [-0.15, -0.1) is 0 Å². The number of aromatic nitrogens is 2. The maximum absolute atomic E-state index is 12.2. The van der Waals surface area contributed by atoms with Gasteiger partial charge in [0.25, 0.3) is 0 Å². The molecule has 7 nitrogen and oxygen atoms in total. The Morgan fingerprint density at radius 2 is 2.21 bits per heavy atom. The first-order chi connectivity index (χ1) is 11.6. The number of amides is 1. The zero-order valence-corrected chi connectivity index (χ0v) is 14.4. The van der Waals surface area contributed by atoms with Gasteiger partial charge in [0.2, 0.25) is 5.91 Å². The lowest BCUT2D eigenvalue weighted by atomic mass is 10.1. The smallest absolute Gasteiger partial charge is 0.359 e. The Kier molecular flexibility index (Phi) is 5.18. The van der Waals surface area contributed by atoms with Crippen LogP contribution in [-0.2, 0) is 20.8 Å². The second kappa shape index (κ2) is 7.34. The van der Waals surface area contributed by atoms with E-state index in [1.807, 2.05) is 11.8 Å². The van der Waals surface area contributed by atoms with Gasteiger partial charge in [-0.25, -0.2) is 9.48 Å². The number of likely N-dealkylation sites (tertiary alicyclic amines) is 1. The Balaban J connectivity index is 1.93. The Hall–Kier alpha value is -1.89. The van der Waals surface area contributed by atoms with Gasteiger partial charge >= 0.3 is 5.97 Å². The average Bonchev–Trinajstić information content (AvgIpc) is 3.13. The van der Waals surface area contributed by atoms with Crippen molar-refractivity contribution in [2.24, 2.45) is 0 Å². The molecule has 0 saturated carbocycles. The highest BCUT2D eigenvalue weighted by Gasteiger charge is 2.29. The summed E-state index contributed by atoms with van der Waals surface area (Å²) >= 11 is 0. The molecule has 2 aliphatic heterocycles. The number of carbonyl (C=O) groups excluding carboxylic acids is 2. The number of ether oxygens (including phenoxy) is 2. The second-order valence-electron chi connectivity index (χ2n) is 6.33. The summed E-state index contributed by atoms with van der Waals surface area (Å²) in [6.45, 7) is 5.87. The molecule has 2 aliphatic rings. The van der Waals surface area contributed by atoms with Gasteiger partial charge in [-0.3, -0.25) is 4.79 Å². The van der Waals surface area contributed by atoms with E-state index >= 15 is 0 Å². The number of esters is 1. The first-order valence-electron chi connectivity index (χ1n) is 8.76. The van der Waals surface area contributed by atoms with Crippen molar-refractivity contribution < 1.29 is 19.1 Å². The number of hydrogen-bond donors (Lipinski definition) is 0. The molecule has 0 spiro atoms. The zero-order chi connectivity index (χ0) is 17.1. The van der Waals surface area contributed by atoms with Crippen LogP contribution in [0.2, 0.25) is 0 Å². The molecule has 2 fully saturated rings. The molecule has 0 radical (unpaired) electrons. The number of hydrogen-bond acceptors (Lipinski definition) is 5. The van der Waals surface area contributed by atoms with E-state index < -0.39 is 5.97 Å². The monoisotopic (exact) mass is 335 g/mol. The second-order valence-corrected chi connectivity index (χ2v) is 6.33. The predicted octanol–water partition coefficient (Wildman–Crippen LogP) is 2.19. The third-order valence-electron chi connectivity index (χ3n) is 4.68. The van der Waals surface area contributed by atoms with Crippen LogP contribution in [0.15, 0.2) is 0 Å². The molecule has 3 heterocycles. The summed E-state index contributed by atoms with van der Waals surface area (Å²) in [7, 11) is 0. The fourth-order valence-electron chi connectivity index (χ4n) is 3.34. The van der Waals surface area contributed by atoms with Crippen molar-refractivity contribution in [3.8, 4) is 0 Å². The number of carbonyl (C=O) groups is 2. The van der Waals surface area contributed by atoms with Crippen LogP contribution < -0.4 is 0 Å². The summed E-state index contributed by atoms with van der Waals surface area (Å²) in [6.07, 6.45) is 4.29. The summed E-state index contributed by atoms with van der Waals surface area (Å²) in [5.41, 5.74) is 1.98. The normalized spacial score (nSPS) is 21.3. The molecule has 7 heteroatoms. The molecule has 2 saturated heterocycles. The SMILES string of the molecule is CCOC(=O)c1nn(C2CCCCO2)c(CN2CCCC2=O)c1C. The van der Waals surface area contributed by atoms with E-state index in [2.05, 4.69) is 5.10 Å². The predicted molar refractivity (Wildman–Crippen MR) is 86.4 cm³/mol. The third kappa shape index (κ3) is 3.31. The maximum Gasteiger partial charge on any atom is 0.359 e. The highest BCUT2D eigenvalue weighted by Crippen LogP contribution is 2.28. The van der Waals surface area contributed by atoms with Crippen LogP contribution in [0.25, 0.3) is 0 Å². The first-order valence-corrected chi connectivity index (χ1v) is 8.76. The molecule has 1 aromatic heterocycles. The van der Waals surface area contributed by atoms with Crippen molar-refractivity contribution in [1.29, 1.82) is 0 Å². The van der Waals surface area contributed by atoms with Crippen LogP contribution in [0.3, 0.4) is 0 Å². The molecule has 1 amide bonds. The summed E-state index contributed by atoms with van der Waals surface area (Å²) in [5, 5.41) is 4.50. The summed E-state index contributed by atoms with van der Waals surface area (Å²) < 4.78 is 12.8. The van der Waals surface area contributed by atoms with Crippen LogP contribution in [-0.4, -0.2) is 46.3 Å². The highest BCUT2D eigenvalue weighted by atomic mass is 16.5. The molecule has 0 N–H and O–H groups in total. The van der Waals surface area contributed by atoms with Gasteiger partial charge in [-0.2, -0.15) is 5.10 Å². The van der Waals surface area contributed by atoms with E-state index in [1.165, 1.54) is 0 Å². The first kappa shape index (κ1) is 17.0. The van der Waals surface area contributed by atoms with Gasteiger partial charge in [0.15, 0.2) is 11.9 Å². The van der Waals surface area contributed by atoms with E-state index in [-0.39, 0.29) is 12.1 Å². The summed E-state index contributed by atoms with van der Waals surface area (Å²) in [5.74, 6) is -0.261. The van der Waals surface area contributed by atoms with Crippen LogP contribution in [0.4, 0.5) is 0 Å². The van der Waals surface area contributed by atoms with Gasteiger partial charge in [0, 0.05) is 25.1 Å². The van der Waals surface area contributed by atoms with Gasteiger partial charge in [-0.1, -0.05) is 0 Å². The minimum atomic E-state index is -0.418. The largest absolute Gasteiger partial charge is 0.461 e. The third-order valence-corrected chi connectivity index (χ3v) is 4.68. The topological polar surface area (TPSA) is 73.7 Å². The fourth-order valence-corrected chi connectivity index (χ4v) is 3.34. The molecule has 1 unspecified atom stereocenters. The minimum Gasteiger partial charge on any atom is -0.461 e. The minimum absolute atomic E-state index is 0.157. The van der Waals surface area contributed by atoms with Gasteiger partial charge in [-0.05, 0) is 39.5 Å². The lowest BCUT2D eigenvalue weighted by molar-refractivity contribution is -0.128. The number of nitrogens with zero attached hydrogens (tertiary/aromatic N) is 3. The molecule has 3 rings (SSSR count). The average molecular weight is 335 g/mol. The van der Waals surface area contributed by atoms with Crippen LogP contribution in [0.1, 0.15) is 67.0 Å². The number of rotatable bonds is 5. The lowest BCUT2D eigenvalue weighted by Crippen LogP contribution is -2.28. The van der Waals surface area contributed by atoms with Crippen molar-refractivity contribution in [2.45, 2.75) is 58.7 Å². The van der Waals surface area contributed by atoms with E-state index in [4.69, 9.17) is 9.47 Å². The van der Waals surface area contributed by atoms with Crippen molar-refractivity contribution in [1.82, 2.24) is 14.7 Å². The molecule has 132 valence electrons. The van der Waals surface area contributed by atoms with Crippen molar-refractivity contribution in [3.05, 3.63) is 17.0 Å². The van der Waals surface area contributed by atoms with E-state index in [9.17, 15) is 9.59 Å². The Labute approximate surface area is 141 Å². The standard InChI is InChI=1S/C17H25N3O4/c1-3-23-17(22)16-12(2)13(11-19-9-6-7-14(19)21)20(18-16)15-8-4-5-10-24-15/h15H,3-11H2,1-2H3. The Morgan fingerprint density at radius 1 is 1.38 bits per heavy atom. The van der Waals surface area contributed by atoms with E-state index in [1.54, 1.807) is 11.6 Å². The molecular weight excluding hydrogens is 310 g/mol. The van der Waals surface area contributed by atoms with Crippen LogP contribution in [0.5, 0.6) is 0 Å². The zero-order valence-electron chi connectivity index (χ0n) is 14.4. The van der Waals surface area contributed by atoms with Crippen LogP contribution in [0, 0.1) is 6.92 Å². The molecule has 1 atom stereocenters. The molecule has 0 aliphatic carbocycles. The van der Waals surface area contributed by atoms with Crippen molar-refractivity contribution in [3.63, 3.8) is 0 Å².